The molecule has 1 fully saturated rings. The molecule has 26 heavy (non-hydrogen) atoms. The lowest BCUT2D eigenvalue weighted by atomic mass is 9.92. The maximum absolute atomic E-state index is 5.81. The van der Waals surface area contributed by atoms with Gasteiger partial charge in [0.2, 0.25) is 11.8 Å². The van der Waals surface area contributed by atoms with Gasteiger partial charge >= 0.3 is 0 Å². The van der Waals surface area contributed by atoms with Crippen LogP contribution in [0.4, 0.5) is 0 Å². The summed E-state index contributed by atoms with van der Waals surface area (Å²) in [5.41, 5.74) is 4.03. The second-order valence-corrected chi connectivity index (χ2v) is 7.40. The van der Waals surface area contributed by atoms with E-state index in [0.29, 0.717) is 17.8 Å². The molecule has 3 aromatic rings. The van der Waals surface area contributed by atoms with Crippen LogP contribution in [0.25, 0.3) is 0 Å². The van der Waals surface area contributed by atoms with Crippen LogP contribution in [0, 0.1) is 6.92 Å². The first kappa shape index (κ1) is 15.8. The van der Waals surface area contributed by atoms with Crippen molar-refractivity contribution in [1.29, 1.82) is 0 Å². The van der Waals surface area contributed by atoms with E-state index in [1.165, 1.54) is 36.1 Å². The molecule has 6 nitrogen and oxygen atoms in total. The molecule has 134 valence electrons. The summed E-state index contributed by atoms with van der Waals surface area (Å²) in [5, 5.41) is 13.0. The van der Waals surface area contributed by atoms with Crippen molar-refractivity contribution in [2.45, 2.75) is 57.8 Å². The third kappa shape index (κ3) is 2.74. The lowest BCUT2D eigenvalue weighted by Crippen LogP contribution is -2.35. The third-order valence-electron chi connectivity index (χ3n) is 5.71. The highest BCUT2D eigenvalue weighted by molar-refractivity contribution is 5.31. The van der Waals surface area contributed by atoms with Gasteiger partial charge < -0.3 is 4.42 Å². The van der Waals surface area contributed by atoms with E-state index >= 15 is 0 Å². The molecule has 0 saturated heterocycles. The second-order valence-electron chi connectivity index (χ2n) is 7.40. The van der Waals surface area contributed by atoms with Crippen molar-refractivity contribution in [3.8, 4) is 0 Å². The van der Waals surface area contributed by atoms with Crippen molar-refractivity contribution in [2.75, 3.05) is 0 Å². The van der Waals surface area contributed by atoms with E-state index in [1.54, 1.807) is 0 Å². The van der Waals surface area contributed by atoms with Crippen molar-refractivity contribution in [1.82, 2.24) is 24.9 Å². The second kappa shape index (κ2) is 6.36. The van der Waals surface area contributed by atoms with Crippen molar-refractivity contribution in [3.63, 3.8) is 0 Å². The summed E-state index contributed by atoms with van der Waals surface area (Å²) in [6, 6.07) is 11.5. The predicted octanol–water partition coefficient (Wildman–Crippen LogP) is 3.60. The number of aromatic nitrogens is 4. The Morgan fingerprint density at radius 3 is 2.69 bits per heavy atom. The summed E-state index contributed by atoms with van der Waals surface area (Å²) in [5.74, 6) is 1.34. The SMILES string of the molecule is Cc1nnc(C2Cc3ccccc3CN2Cc2ccnn2C2CCC2)o1. The highest BCUT2D eigenvalue weighted by Gasteiger charge is 2.32. The maximum Gasteiger partial charge on any atom is 0.233 e. The largest absolute Gasteiger partial charge is 0.424 e. The molecule has 1 aliphatic heterocycles. The normalized spacial score (nSPS) is 20.7. The molecular formula is C20H23N5O. The number of hydrogen-bond donors (Lipinski definition) is 0. The standard InChI is InChI=1S/C20H23N5O/c1-14-22-23-20(26-14)19-11-15-5-2-3-6-16(15)12-24(19)13-18-9-10-21-25(18)17-7-4-8-17/h2-3,5-6,9-10,17,19H,4,7-8,11-13H2,1H3. The Labute approximate surface area is 152 Å². The minimum atomic E-state index is 0.107. The van der Waals surface area contributed by atoms with Crippen molar-refractivity contribution < 1.29 is 4.42 Å². The van der Waals surface area contributed by atoms with Crippen molar-refractivity contribution in [2.24, 2.45) is 0 Å². The fourth-order valence-corrected chi connectivity index (χ4v) is 4.07. The highest BCUT2D eigenvalue weighted by atomic mass is 16.4. The van der Waals surface area contributed by atoms with Crippen LogP contribution in [0.5, 0.6) is 0 Å². The fourth-order valence-electron chi connectivity index (χ4n) is 4.07. The molecule has 0 spiro atoms. The van der Waals surface area contributed by atoms with E-state index < -0.39 is 0 Å². The first-order chi connectivity index (χ1) is 12.8. The number of benzene rings is 1. The zero-order valence-electron chi connectivity index (χ0n) is 15.0. The minimum absolute atomic E-state index is 0.107. The van der Waals surface area contributed by atoms with E-state index in [1.807, 2.05) is 13.1 Å². The molecule has 6 heteroatoms. The molecule has 0 N–H and O–H groups in total. The molecule has 2 aromatic heterocycles. The fraction of sp³-hybridized carbons (Fsp3) is 0.450. The summed E-state index contributed by atoms with van der Waals surface area (Å²) < 4.78 is 8.03. The number of hydrogen-bond acceptors (Lipinski definition) is 5. The van der Waals surface area contributed by atoms with Gasteiger partial charge in [0.1, 0.15) is 0 Å². The predicted molar refractivity (Wildman–Crippen MR) is 96.3 cm³/mol. The average molecular weight is 349 g/mol. The van der Waals surface area contributed by atoms with Crippen molar-refractivity contribution >= 4 is 0 Å². The number of aryl methyl sites for hydroxylation is 1. The number of nitrogens with zero attached hydrogens (tertiary/aromatic N) is 5. The monoisotopic (exact) mass is 349 g/mol. The molecule has 3 heterocycles. The topological polar surface area (TPSA) is 60.0 Å². The zero-order chi connectivity index (χ0) is 17.5. The van der Waals surface area contributed by atoms with E-state index in [4.69, 9.17) is 4.42 Å². The van der Waals surface area contributed by atoms with E-state index in [2.05, 4.69) is 55.2 Å². The molecule has 0 amide bonds. The zero-order valence-corrected chi connectivity index (χ0v) is 15.0. The molecule has 0 bridgehead atoms. The van der Waals surface area contributed by atoms with Gasteiger partial charge in [-0.15, -0.1) is 10.2 Å². The van der Waals surface area contributed by atoms with Gasteiger partial charge in [-0.1, -0.05) is 24.3 Å². The molecule has 1 saturated carbocycles. The molecule has 2 aliphatic rings. The molecule has 1 aliphatic carbocycles. The highest BCUT2D eigenvalue weighted by Crippen LogP contribution is 2.36. The Morgan fingerprint density at radius 2 is 1.96 bits per heavy atom. The van der Waals surface area contributed by atoms with Crippen LogP contribution in [0.3, 0.4) is 0 Å². The van der Waals surface area contributed by atoms with Gasteiger partial charge in [0.15, 0.2) is 0 Å². The molecular weight excluding hydrogens is 326 g/mol. The Bertz CT molecular complexity index is 910. The smallest absolute Gasteiger partial charge is 0.233 e. The Morgan fingerprint density at radius 1 is 1.12 bits per heavy atom. The van der Waals surface area contributed by atoms with Gasteiger partial charge in [0, 0.05) is 26.2 Å². The summed E-state index contributed by atoms with van der Waals surface area (Å²) >= 11 is 0. The Kier molecular flexibility index (Phi) is 3.85. The van der Waals surface area contributed by atoms with Gasteiger partial charge in [-0.25, -0.2) is 0 Å². The van der Waals surface area contributed by atoms with E-state index in [-0.39, 0.29) is 6.04 Å². The minimum Gasteiger partial charge on any atom is -0.424 e. The van der Waals surface area contributed by atoms with Crippen LogP contribution < -0.4 is 0 Å². The molecule has 0 radical (unpaired) electrons. The van der Waals surface area contributed by atoms with Crippen LogP contribution in [0.1, 0.15) is 59.9 Å². The maximum atomic E-state index is 5.81. The average Bonchev–Trinajstić information content (AvgIpc) is 3.22. The molecule has 1 unspecified atom stereocenters. The number of fused-ring (bicyclic) bond motifs is 1. The summed E-state index contributed by atoms with van der Waals surface area (Å²) in [7, 11) is 0. The molecule has 1 aromatic carbocycles. The van der Waals surface area contributed by atoms with Gasteiger partial charge in [0.25, 0.3) is 0 Å². The lowest BCUT2D eigenvalue weighted by Gasteiger charge is -2.36. The summed E-state index contributed by atoms with van der Waals surface area (Å²) in [6.07, 6.45) is 6.62. The Hall–Kier alpha value is -2.47. The van der Waals surface area contributed by atoms with Gasteiger partial charge in [-0.3, -0.25) is 9.58 Å². The first-order valence-corrected chi connectivity index (χ1v) is 9.41. The van der Waals surface area contributed by atoms with Gasteiger partial charge in [-0.05, 0) is 42.9 Å². The van der Waals surface area contributed by atoms with E-state index in [9.17, 15) is 0 Å². The van der Waals surface area contributed by atoms with Crippen LogP contribution in [0.15, 0.2) is 40.9 Å². The van der Waals surface area contributed by atoms with E-state index in [0.717, 1.165) is 19.5 Å². The summed E-state index contributed by atoms with van der Waals surface area (Å²) in [4.78, 5) is 2.45. The van der Waals surface area contributed by atoms with Crippen LogP contribution >= 0.6 is 0 Å². The summed E-state index contributed by atoms with van der Waals surface area (Å²) in [6.45, 7) is 3.58. The lowest BCUT2D eigenvalue weighted by molar-refractivity contribution is 0.130. The van der Waals surface area contributed by atoms with Crippen LogP contribution in [-0.2, 0) is 19.5 Å². The van der Waals surface area contributed by atoms with Crippen LogP contribution in [0.2, 0.25) is 0 Å². The Balaban J connectivity index is 1.47. The number of rotatable bonds is 4. The third-order valence-corrected chi connectivity index (χ3v) is 5.71. The van der Waals surface area contributed by atoms with Crippen LogP contribution in [-0.4, -0.2) is 24.9 Å². The van der Waals surface area contributed by atoms with Crippen molar-refractivity contribution in [3.05, 3.63) is 65.1 Å². The quantitative estimate of drug-likeness (QED) is 0.720. The van der Waals surface area contributed by atoms with Gasteiger partial charge in [0.05, 0.1) is 17.8 Å². The molecule has 5 rings (SSSR count). The van der Waals surface area contributed by atoms with Gasteiger partial charge in [-0.2, -0.15) is 5.10 Å². The molecule has 1 atom stereocenters. The first-order valence-electron chi connectivity index (χ1n) is 9.41.